The van der Waals surface area contributed by atoms with Crippen LogP contribution in [0.15, 0.2) is 42.0 Å². The van der Waals surface area contributed by atoms with Gasteiger partial charge in [0.05, 0.1) is 27.8 Å². The predicted octanol–water partition coefficient (Wildman–Crippen LogP) is 3.91. The number of thiazole rings is 1. The van der Waals surface area contributed by atoms with Crippen molar-refractivity contribution >= 4 is 28.7 Å². The van der Waals surface area contributed by atoms with Gasteiger partial charge in [-0.1, -0.05) is 0 Å². The molecule has 0 fully saturated rings. The van der Waals surface area contributed by atoms with E-state index in [1.54, 1.807) is 12.4 Å². The Labute approximate surface area is 157 Å². The predicted molar refractivity (Wildman–Crippen MR) is 98.0 cm³/mol. The summed E-state index contributed by atoms with van der Waals surface area (Å²) in [6.45, 7) is 0.00648. The molecule has 0 spiro atoms. The van der Waals surface area contributed by atoms with E-state index in [9.17, 15) is 15.4 Å². The van der Waals surface area contributed by atoms with Crippen LogP contribution in [0.3, 0.4) is 0 Å². The average Bonchev–Trinajstić information content (AvgIpc) is 3.35. The molecular formula is C18H10N4O4S. The van der Waals surface area contributed by atoms with Gasteiger partial charge in [-0.3, -0.25) is 15.1 Å². The second-order valence-electron chi connectivity index (χ2n) is 5.46. The van der Waals surface area contributed by atoms with Crippen LogP contribution in [-0.4, -0.2) is 21.7 Å². The molecule has 0 saturated carbocycles. The summed E-state index contributed by atoms with van der Waals surface area (Å²) >= 11 is 1.29. The first-order valence-corrected chi connectivity index (χ1v) is 8.60. The van der Waals surface area contributed by atoms with E-state index in [2.05, 4.69) is 16.0 Å². The molecule has 0 atom stereocenters. The van der Waals surface area contributed by atoms with Gasteiger partial charge in [0.15, 0.2) is 11.5 Å². The molecule has 2 aromatic heterocycles. The minimum Gasteiger partial charge on any atom is -0.454 e. The highest BCUT2D eigenvalue weighted by molar-refractivity contribution is 7.11. The first-order valence-electron chi connectivity index (χ1n) is 7.72. The highest BCUT2D eigenvalue weighted by Gasteiger charge is 2.23. The van der Waals surface area contributed by atoms with Crippen molar-refractivity contribution < 1.29 is 14.4 Å². The van der Waals surface area contributed by atoms with Crippen LogP contribution >= 0.6 is 11.3 Å². The molecular weight excluding hydrogens is 368 g/mol. The van der Waals surface area contributed by atoms with Crippen molar-refractivity contribution in [3.05, 3.63) is 62.7 Å². The number of pyridine rings is 1. The van der Waals surface area contributed by atoms with Crippen molar-refractivity contribution in [2.24, 2.45) is 0 Å². The second-order valence-corrected chi connectivity index (χ2v) is 6.32. The maximum atomic E-state index is 11.4. The molecule has 3 aromatic rings. The summed E-state index contributed by atoms with van der Waals surface area (Å²) in [6, 6.07) is 8.50. The number of hydrogen-bond acceptors (Lipinski definition) is 8. The standard InChI is InChI=1S/C18H10N4O4S/c19-8-13(18-21-14(9-27-18)11-1-3-20-4-2-11)5-12-6-16-17(26-10-25-16)7-15(12)22(23)24/h1-7,9H,10H2. The Balaban J connectivity index is 1.76. The number of nitriles is 1. The van der Waals surface area contributed by atoms with Gasteiger partial charge in [-0.25, -0.2) is 4.98 Å². The molecule has 0 unspecified atom stereocenters. The van der Waals surface area contributed by atoms with Crippen LogP contribution < -0.4 is 9.47 Å². The minimum atomic E-state index is -0.521. The molecule has 1 aliphatic heterocycles. The number of benzene rings is 1. The Morgan fingerprint density at radius 1 is 1.30 bits per heavy atom. The van der Waals surface area contributed by atoms with Gasteiger partial charge in [0.2, 0.25) is 6.79 Å². The smallest absolute Gasteiger partial charge is 0.280 e. The van der Waals surface area contributed by atoms with Crippen LogP contribution in [0.5, 0.6) is 11.5 Å². The van der Waals surface area contributed by atoms with Gasteiger partial charge in [-0.05, 0) is 24.3 Å². The summed E-state index contributed by atoms with van der Waals surface area (Å²) in [7, 11) is 0. The Morgan fingerprint density at radius 2 is 2.04 bits per heavy atom. The fourth-order valence-electron chi connectivity index (χ4n) is 2.57. The number of fused-ring (bicyclic) bond motifs is 1. The monoisotopic (exact) mass is 378 g/mol. The summed E-state index contributed by atoms with van der Waals surface area (Å²) in [5, 5.41) is 23.2. The quantitative estimate of drug-likeness (QED) is 0.384. The van der Waals surface area contributed by atoms with E-state index < -0.39 is 4.92 Å². The zero-order valence-corrected chi connectivity index (χ0v) is 14.5. The third kappa shape index (κ3) is 3.21. The van der Waals surface area contributed by atoms with E-state index in [0.29, 0.717) is 22.2 Å². The van der Waals surface area contributed by atoms with E-state index in [1.165, 1.54) is 29.5 Å². The number of aromatic nitrogens is 2. The molecule has 0 radical (unpaired) electrons. The number of rotatable bonds is 4. The van der Waals surface area contributed by atoms with E-state index >= 15 is 0 Å². The molecule has 4 rings (SSSR count). The maximum absolute atomic E-state index is 11.4. The van der Waals surface area contributed by atoms with Crippen molar-refractivity contribution in [3.8, 4) is 28.8 Å². The Kier molecular flexibility index (Phi) is 4.24. The summed E-state index contributed by atoms with van der Waals surface area (Å²) in [5.74, 6) is 0.715. The van der Waals surface area contributed by atoms with Crippen LogP contribution in [0, 0.1) is 21.4 Å². The summed E-state index contributed by atoms with van der Waals surface area (Å²) in [4.78, 5) is 19.3. The van der Waals surface area contributed by atoms with Gasteiger partial charge in [-0.2, -0.15) is 5.26 Å². The topological polar surface area (TPSA) is 111 Å². The van der Waals surface area contributed by atoms with Crippen molar-refractivity contribution in [3.63, 3.8) is 0 Å². The summed E-state index contributed by atoms with van der Waals surface area (Å²) in [5.41, 5.74) is 1.89. The van der Waals surface area contributed by atoms with Gasteiger partial charge in [0, 0.05) is 23.3 Å². The molecule has 1 aliphatic rings. The van der Waals surface area contributed by atoms with Crippen LogP contribution in [0.2, 0.25) is 0 Å². The fourth-order valence-corrected chi connectivity index (χ4v) is 3.37. The average molecular weight is 378 g/mol. The lowest BCUT2D eigenvalue weighted by molar-refractivity contribution is -0.385. The normalized spacial score (nSPS) is 12.6. The van der Waals surface area contributed by atoms with Gasteiger partial charge in [0.1, 0.15) is 11.1 Å². The highest BCUT2D eigenvalue weighted by Crippen LogP contribution is 2.39. The Bertz CT molecular complexity index is 1100. The van der Waals surface area contributed by atoms with E-state index in [0.717, 1.165) is 5.56 Å². The fraction of sp³-hybridized carbons (Fsp3) is 0.0556. The molecule has 0 bridgehead atoms. The number of nitrogens with zero attached hydrogens (tertiary/aromatic N) is 4. The van der Waals surface area contributed by atoms with Crippen molar-refractivity contribution in [2.75, 3.05) is 6.79 Å². The molecule has 132 valence electrons. The number of nitro groups is 1. The van der Waals surface area contributed by atoms with Crippen LogP contribution in [0.25, 0.3) is 22.9 Å². The summed E-state index contributed by atoms with van der Waals surface area (Å²) in [6.07, 6.45) is 4.76. The number of hydrogen-bond donors (Lipinski definition) is 0. The lowest BCUT2D eigenvalue weighted by atomic mass is 10.1. The molecule has 9 heteroatoms. The molecule has 0 N–H and O–H groups in total. The molecule has 0 amide bonds. The lowest BCUT2D eigenvalue weighted by Gasteiger charge is -2.02. The maximum Gasteiger partial charge on any atom is 0.280 e. The second kappa shape index (κ2) is 6.86. The first-order chi connectivity index (χ1) is 13.2. The van der Waals surface area contributed by atoms with Crippen LogP contribution in [-0.2, 0) is 0 Å². The molecule has 1 aromatic carbocycles. The van der Waals surface area contributed by atoms with E-state index in [-0.39, 0.29) is 23.6 Å². The molecule has 0 saturated heterocycles. The number of nitro benzene ring substituents is 1. The van der Waals surface area contributed by atoms with E-state index in [1.807, 2.05) is 17.5 Å². The minimum absolute atomic E-state index is 0.00648. The molecule has 3 heterocycles. The highest BCUT2D eigenvalue weighted by atomic mass is 32.1. The number of allylic oxidation sites excluding steroid dienone is 1. The summed E-state index contributed by atoms with van der Waals surface area (Å²) < 4.78 is 10.5. The van der Waals surface area contributed by atoms with Crippen LogP contribution in [0.4, 0.5) is 5.69 Å². The van der Waals surface area contributed by atoms with Crippen molar-refractivity contribution in [1.82, 2.24) is 9.97 Å². The largest absolute Gasteiger partial charge is 0.454 e. The van der Waals surface area contributed by atoms with Gasteiger partial charge >= 0.3 is 0 Å². The SMILES string of the molecule is N#CC(=Cc1cc2c(cc1[N+](=O)[O-])OCO2)c1nc(-c2ccncc2)cs1. The van der Waals surface area contributed by atoms with Crippen LogP contribution in [0.1, 0.15) is 10.6 Å². The van der Waals surface area contributed by atoms with Gasteiger partial charge in [0.25, 0.3) is 5.69 Å². The number of ether oxygens (including phenoxy) is 2. The zero-order chi connectivity index (χ0) is 18.8. The molecule has 27 heavy (non-hydrogen) atoms. The Morgan fingerprint density at radius 3 is 2.74 bits per heavy atom. The van der Waals surface area contributed by atoms with Gasteiger partial charge in [-0.15, -0.1) is 11.3 Å². The third-order valence-corrected chi connectivity index (χ3v) is 4.73. The lowest BCUT2D eigenvalue weighted by Crippen LogP contribution is -1.93. The third-order valence-electron chi connectivity index (χ3n) is 3.85. The van der Waals surface area contributed by atoms with Crippen molar-refractivity contribution in [1.29, 1.82) is 5.26 Å². The van der Waals surface area contributed by atoms with Gasteiger partial charge < -0.3 is 9.47 Å². The van der Waals surface area contributed by atoms with Crippen molar-refractivity contribution in [2.45, 2.75) is 0 Å². The first kappa shape index (κ1) is 16.7. The molecule has 8 nitrogen and oxygen atoms in total. The molecule has 0 aliphatic carbocycles. The Hall–Kier alpha value is -3.77. The van der Waals surface area contributed by atoms with E-state index in [4.69, 9.17) is 9.47 Å². The zero-order valence-electron chi connectivity index (χ0n) is 13.7.